The van der Waals surface area contributed by atoms with E-state index in [2.05, 4.69) is 5.32 Å². The third-order valence-electron chi connectivity index (χ3n) is 2.31. The summed E-state index contributed by atoms with van der Waals surface area (Å²) in [5.41, 5.74) is -0.241. The first-order valence-electron chi connectivity index (χ1n) is 3.78. The third kappa shape index (κ3) is 1.81. The van der Waals surface area contributed by atoms with Crippen LogP contribution in [0, 0.1) is 5.41 Å². The summed E-state index contributed by atoms with van der Waals surface area (Å²) in [6.07, 6.45) is 0.264. The molecule has 70 valence electrons. The molecule has 0 saturated heterocycles. The molecule has 4 nitrogen and oxygen atoms in total. The summed E-state index contributed by atoms with van der Waals surface area (Å²) in [6, 6.07) is -0.0339. The van der Waals surface area contributed by atoms with Gasteiger partial charge >= 0.3 is 6.09 Å². The van der Waals surface area contributed by atoms with Crippen molar-refractivity contribution in [2.45, 2.75) is 18.9 Å². The molecule has 5 heteroatoms. The van der Waals surface area contributed by atoms with Gasteiger partial charge in [0.05, 0.1) is 0 Å². The molecule has 1 aliphatic rings. The van der Waals surface area contributed by atoms with Gasteiger partial charge in [-0.1, -0.05) is 0 Å². The number of carbonyl (C=O) groups is 1. The first-order chi connectivity index (χ1) is 5.62. The molecular weight excluding hydrogens is 182 g/mol. The van der Waals surface area contributed by atoms with Gasteiger partial charge < -0.3 is 15.5 Å². The molecule has 0 aromatic carbocycles. The lowest BCUT2D eigenvalue weighted by atomic mass is 9.67. The minimum absolute atomic E-state index is 0.0339. The van der Waals surface area contributed by atoms with Gasteiger partial charge in [-0.25, -0.2) is 4.79 Å². The van der Waals surface area contributed by atoms with E-state index in [9.17, 15) is 4.79 Å². The molecule has 1 fully saturated rings. The zero-order chi connectivity index (χ0) is 9.19. The predicted octanol–water partition coefficient (Wildman–Crippen LogP) is 0.634. The molecule has 0 atom stereocenters. The molecule has 3 N–H and O–H groups in total. The van der Waals surface area contributed by atoms with Crippen molar-refractivity contribution in [2.75, 3.05) is 12.5 Å². The molecule has 1 aliphatic carbocycles. The van der Waals surface area contributed by atoms with Crippen molar-refractivity contribution in [3.05, 3.63) is 0 Å². The summed E-state index contributed by atoms with van der Waals surface area (Å²) in [5, 5.41) is 19.6. The highest BCUT2D eigenvalue weighted by Crippen LogP contribution is 2.41. The van der Waals surface area contributed by atoms with Crippen LogP contribution < -0.4 is 5.32 Å². The van der Waals surface area contributed by atoms with Crippen LogP contribution in [0.5, 0.6) is 0 Å². The van der Waals surface area contributed by atoms with Crippen molar-refractivity contribution in [1.82, 2.24) is 5.32 Å². The average molecular weight is 194 g/mol. The number of halogens is 1. The van der Waals surface area contributed by atoms with Crippen LogP contribution in [0.2, 0.25) is 0 Å². The standard InChI is InChI=1S/C7H12ClNO3/c8-3-7(4-10)1-5(2-7)9-6(11)12/h5,9-10H,1-4H2,(H,11,12). The number of rotatable bonds is 3. The summed E-state index contributed by atoms with van der Waals surface area (Å²) in [4.78, 5) is 10.2. The van der Waals surface area contributed by atoms with Crippen molar-refractivity contribution in [2.24, 2.45) is 5.41 Å². The molecule has 1 rings (SSSR count). The van der Waals surface area contributed by atoms with Crippen LogP contribution in [-0.4, -0.2) is 34.8 Å². The predicted molar refractivity (Wildman–Crippen MR) is 44.4 cm³/mol. The maximum atomic E-state index is 10.2. The van der Waals surface area contributed by atoms with E-state index in [-0.39, 0.29) is 18.1 Å². The maximum Gasteiger partial charge on any atom is 0.404 e. The van der Waals surface area contributed by atoms with Crippen molar-refractivity contribution >= 4 is 17.7 Å². The number of aliphatic hydroxyl groups is 1. The molecule has 0 aromatic rings. The Hall–Kier alpha value is -0.480. The number of alkyl halides is 1. The maximum absolute atomic E-state index is 10.2. The second-order valence-corrected chi connectivity index (χ2v) is 3.61. The third-order valence-corrected chi connectivity index (χ3v) is 2.87. The van der Waals surface area contributed by atoms with Gasteiger partial charge in [0.1, 0.15) is 0 Å². The smallest absolute Gasteiger partial charge is 0.404 e. The molecular formula is C7H12ClNO3. The van der Waals surface area contributed by atoms with Gasteiger partial charge in [0.2, 0.25) is 0 Å². The van der Waals surface area contributed by atoms with E-state index in [0.29, 0.717) is 18.7 Å². The topological polar surface area (TPSA) is 69.6 Å². The van der Waals surface area contributed by atoms with E-state index in [1.807, 2.05) is 0 Å². The summed E-state index contributed by atoms with van der Waals surface area (Å²) < 4.78 is 0. The minimum Gasteiger partial charge on any atom is -0.465 e. The summed E-state index contributed by atoms with van der Waals surface area (Å²) in [7, 11) is 0. The van der Waals surface area contributed by atoms with Crippen LogP contribution in [0.15, 0.2) is 0 Å². The van der Waals surface area contributed by atoms with Crippen LogP contribution >= 0.6 is 11.6 Å². The van der Waals surface area contributed by atoms with E-state index in [4.69, 9.17) is 21.8 Å². The summed E-state index contributed by atoms with van der Waals surface area (Å²) in [6.45, 7) is 0.0360. The molecule has 1 saturated carbocycles. The fourth-order valence-corrected chi connectivity index (χ4v) is 1.85. The largest absolute Gasteiger partial charge is 0.465 e. The molecule has 0 bridgehead atoms. The van der Waals surface area contributed by atoms with Crippen molar-refractivity contribution in [3.8, 4) is 0 Å². The fourth-order valence-electron chi connectivity index (χ4n) is 1.54. The number of amides is 1. The SMILES string of the molecule is O=C(O)NC1CC(CO)(CCl)C1. The normalized spacial score (nSPS) is 34.0. The molecule has 0 radical (unpaired) electrons. The number of aliphatic hydroxyl groups excluding tert-OH is 1. The molecule has 0 spiro atoms. The minimum atomic E-state index is -1.01. The van der Waals surface area contributed by atoms with Gasteiger partial charge in [-0.15, -0.1) is 11.6 Å². The average Bonchev–Trinajstić information content (AvgIpc) is 1.95. The van der Waals surface area contributed by atoms with Gasteiger partial charge in [0.15, 0.2) is 0 Å². The van der Waals surface area contributed by atoms with Gasteiger partial charge in [0, 0.05) is 23.9 Å². The van der Waals surface area contributed by atoms with Crippen molar-refractivity contribution in [1.29, 1.82) is 0 Å². The Kier molecular flexibility index (Phi) is 2.80. The van der Waals surface area contributed by atoms with Crippen LogP contribution in [0.4, 0.5) is 4.79 Å². The number of nitrogens with one attached hydrogen (secondary N) is 1. The molecule has 0 unspecified atom stereocenters. The van der Waals surface area contributed by atoms with Crippen molar-refractivity contribution in [3.63, 3.8) is 0 Å². The highest BCUT2D eigenvalue weighted by Gasteiger charge is 2.43. The van der Waals surface area contributed by atoms with Gasteiger partial charge in [-0.2, -0.15) is 0 Å². The van der Waals surface area contributed by atoms with Gasteiger partial charge in [0.25, 0.3) is 0 Å². The van der Waals surface area contributed by atoms with E-state index in [1.54, 1.807) is 0 Å². The highest BCUT2D eigenvalue weighted by molar-refractivity contribution is 6.18. The Morgan fingerprint density at radius 1 is 1.67 bits per heavy atom. The van der Waals surface area contributed by atoms with Crippen LogP contribution in [0.1, 0.15) is 12.8 Å². The second kappa shape index (κ2) is 3.49. The van der Waals surface area contributed by atoms with Crippen LogP contribution in [0.25, 0.3) is 0 Å². The Morgan fingerprint density at radius 3 is 2.58 bits per heavy atom. The Bertz CT molecular complexity index is 173. The lowest BCUT2D eigenvalue weighted by molar-refractivity contribution is 0.0361. The zero-order valence-corrected chi connectivity index (χ0v) is 7.34. The fraction of sp³-hybridized carbons (Fsp3) is 0.857. The van der Waals surface area contributed by atoms with Gasteiger partial charge in [-0.3, -0.25) is 0 Å². The Labute approximate surface area is 75.5 Å². The lowest BCUT2D eigenvalue weighted by Crippen LogP contribution is -2.53. The number of carboxylic acid groups (broad SMARTS) is 1. The summed E-state index contributed by atoms with van der Waals surface area (Å²) >= 11 is 5.63. The summed E-state index contributed by atoms with van der Waals surface area (Å²) in [5.74, 6) is 0.390. The van der Waals surface area contributed by atoms with Crippen molar-refractivity contribution < 1.29 is 15.0 Å². The van der Waals surface area contributed by atoms with E-state index < -0.39 is 6.09 Å². The van der Waals surface area contributed by atoms with Crippen LogP contribution in [0.3, 0.4) is 0 Å². The first kappa shape index (κ1) is 9.61. The molecule has 0 aromatic heterocycles. The first-order valence-corrected chi connectivity index (χ1v) is 4.32. The number of hydrogen-bond donors (Lipinski definition) is 3. The van der Waals surface area contributed by atoms with E-state index in [0.717, 1.165) is 0 Å². The zero-order valence-electron chi connectivity index (χ0n) is 6.59. The van der Waals surface area contributed by atoms with E-state index in [1.165, 1.54) is 0 Å². The number of hydrogen-bond acceptors (Lipinski definition) is 2. The Morgan fingerprint density at radius 2 is 2.25 bits per heavy atom. The molecule has 0 heterocycles. The highest BCUT2D eigenvalue weighted by atomic mass is 35.5. The lowest BCUT2D eigenvalue weighted by Gasteiger charge is -2.45. The monoisotopic (exact) mass is 193 g/mol. The quantitative estimate of drug-likeness (QED) is 0.576. The van der Waals surface area contributed by atoms with E-state index >= 15 is 0 Å². The Balaban J connectivity index is 2.30. The molecule has 0 aliphatic heterocycles. The van der Waals surface area contributed by atoms with Crippen LogP contribution in [-0.2, 0) is 0 Å². The van der Waals surface area contributed by atoms with Gasteiger partial charge in [-0.05, 0) is 12.8 Å². The molecule has 1 amide bonds. The second-order valence-electron chi connectivity index (χ2n) is 3.35. The molecule has 12 heavy (non-hydrogen) atoms.